The maximum atomic E-state index is 3.57. The molecule has 1 aliphatic carbocycles. The van der Waals surface area contributed by atoms with Gasteiger partial charge in [-0.25, -0.2) is 0 Å². The van der Waals surface area contributed by atoms with Crippen molar-refractivity contribution in [2.75, 3.05) is 6.54 Å². The second-order valence-corrected chi connectivity index (χ2v) is 4.15. The number of hydrogen-bond acceptors (Lipinski definition) is 1. The fourth-order valence-corrected chi connectivity index (χ4v) is 1.98. The van der Waals surface area contributed by atoms with Crippen LogP contribution in [0.2, 0.25) is 0 Å². The van der Waals surface area contributed by atoms with Crippen LogP contribution < -0.4 is 5.32 Å². The van der Waals surface area contributed by atoms with Crippen LogP contribution in [0.4, 0.5) is 0 Å². The molecule has 1 aliphatic rings. The number of nitrogens with one attached hydrogen (secondary N) is 1. The Morgan fingerprint density at radius 2 is 2.38 bits per heavy atom. The number of rotatable bonds is 6. The SMILES string of the molecule is CCCC(C)NCCC1=CCCC1. The first-order chi connectivity index (χ1) is 6.33. The zero-order chi connectivity index (χ0) is 9.52. The van der Waals surface area contributed by atoms with E-state index in [0.29, 0.717) is 6.04 Å². The predicted octanol–water partition coefficient (Wildman–Crippen LogP) is 3.27. The van der Waals surface area contributed by atoms with E-state index in [4.69, 9.17) is 0 Å². The third-order valence-electron chi connectivity index (χ3n) is 2.80. The van der Waals surface area contributed by atoms with E-state index in [-0.39, 0.29) is 0 Å². The highest BCUT2D eigenvalue weighted by Gasteiger charge is 2.04. The van der Waals surface area contributed by atoms with Crippen LogP contribution in [0.3, 0.4) is 0 Å². The van der Waals surface area contributed by atoms with Crippen LogP contribution in [0.1, 0.15) is 52.4 Å². The molecule has 76 valence electrons. The predicted molar refractivity (Wildman–Crippen MR) is 58.9 cm³/mol. The fraction of sp³-hybridized carbons (Fsp3) is 0.833. The van der Waals surface area contributed by atoms with Gasteiger partial charge < -0.3 is 5.32 Å². The first kappa shape index (κ1) is 10.8. The summed E-state index contributed by atoms with van der Waals surface area (Å²) in [4.78, 5) is 0. The topological polar surface area (TPSA) is 12.0 Å². The Bertz CT molecular complexity index is 161. The Labute approximate surface area is 82.6 Å². The first-order valence-corrected chi connectivity index (χ1v) is 5.74. The van der Waals surface area contributed by atoms with Crippen LogP contribution in [0, 0.1) is 0 Å². The minimum Gasteiger partial charge on any atom is -0.314 e. The molecule has 1 nitrogen and oxygen atoms in total. The molecule has 1 heteroatoms. The largest absolute Gasteiger partial charge is 0.314 e. The van der Waals surface area contributed by atoms with Crippen molar-refractivity contribution in [2.24, 2.45) is 0 Å². The molecule has 0 amide bonds. The van der Waals surface area contributed by atoms with Gasteiger partial charge in [0.05, 0.1) is 0 Å². The van der Waals surface area contributed by atoms with Crippen molar-refractivity contribution >= 4 is 0 Å². The van der Waals surface area contributed by atoms with Crippen molar-refractivity contribution < 1.29 is 0 Å². The molecule has 13 heavy (non-hydrogen) atoms. The maximum Gasteiger partial charge on any atom is 0.00387 e. The molecule has 0 aromatic rings. The van der Waals surface area contributed by atoms with Gasteiger partial charge in [0.2, 0.25) is 0 Å². The summed E-state index contributed by atoms with van der Waals surface area (Å²) in [5, 5.41) is 3.57. The van der Waals surface area contributed by atoms with Crippen molar-refractivity contribution in [3.05, 3.63) is 11.6 Å². The molecule has 1 unspecified atom stereocenters. The summed E-state index contributed by atoms with van der Waals surface area (Å²) >= 11 is 0. The molecule has 0 aromatic heterocycles. The van der Waals surface area contributed by atoms with Gasteiger partial charge in [0.15, 0.2) is 0 Å². The zero-order valence-corrected chi connectivity index (χ0v) is 9.10. The zero-order valence-electron chi connectivity index (χ0n) is 9.10. The molecular formula is C12H23N. The van der Waals surface area contributed by atoms with E-state index in [1.165, 1.54) is 45.1 Å². The van der Waals surface area contributed by atoms with E-state index in [1.807, 2.05) is 0 Å². The average Bonchev–Trinajstić information content (AvgIpc) is 2.57. The van der Waals surface area contributed by atoms with Gasteiger partial charge in [0, 0.05) is 6.04 Å². The Morgan fingerprint density at radius 1 is 1.54 bits per heavy atom. The van der Waals surface area contributed by atoms with Gasteiger partial charge in [0.1, 0.15) is 0 Å². The van der Waals surface area contributed by atoms with Gasteiger partial charge in [-0.2, -0.15) is 0 Å². The fourth-order valence-electron chi connectivity index (χ4n) is 1.98. The molecule has 0 heterocycles. The van der Waals surface area contributed by atoms with E-state index >= 15 is 0 Å². The lowest BCUT2D eigenvalue weighted by molar-refractivity contribution is 0.510. The summed E-state index contributed by atoms with van der Waals surface area (Å²) in [6.07, 6.45) is 10.3. The van der Waals surface area contributed by atoms with Crippen LogP contribution in [-0.4, -0.2) is 12.6 Å². The standard InChI is InChI=1S/C12H23N/c1-3-6-11(2)13-10-9-12-7-4-5-8-12/h7,11,13H,3-6,8-10H2,1-2H3. The summed E-state index contributed by atoms with van der Waals surface area (Å²) in [6.45, 7) is 5.71. The van der Waals surface area contributed by atoms with Crippen LogP contribution >= 0.6 is 0 Å². The molecule has 0 saturated heterocycles. The molecule has 1 rings (SSSR count). The lowest BCUT2D eigenvalue weighted by atomic mass is 10.1. The second-order valence-electron chi connectivity index (χ2n) is 4.15. The van der Waals surface area contributed by atoms with E-state index in [9.17, 15) is 0 Å². The van der Waals surface area contributed by atoms with E-state index in [0.717, 1.165) is 0 Å². The highest BCUT2D eigenvalue weighted by atomic mass is 14.9. The Morgan fingerprint density at radius 3 is 3.00 bits per heavy atom. The minimum atomic E-state index is 0.701. The van der Waals surface area contributed by atoms with E-state index < -0.39 is 0 Å². The molecule has 1 atom stereocenters. The summed E-state index contributed by atoms with van der Waals surface area (Å²) in [5.74, 6) is 0. The number of allylic oxidation sites excluding steroid dienone is 1. The lowest BCUT2D eigenvalue weighted by Gasteiger charge is -2.12. The molecule has 0 aromatic carbocycles. The Balaban J connectivity index is 1.99. The summed E-state index contributed by atoms with van der Waals surface area (Å²) in [5.41, 5.74) is 1.68. The molecule has 0 radical (unpaired) electrons. The van der Waals surface area contributed by atoms with Crippen molar-refractivity contribution in [2.45, 2.75) is 58.4 Å². The van der Waals surface area contributed by atoms with Crippen LogP contribution in [0.25, 0.3) is 0 Å². The highest BCUT2D eigenvalue weighted by Crippen LogP contribution is 2.19. The van der Waals surface area contributed by atoms with Gasteiger partial charge in [-0.1, -0.05) is 25.0 Å². The summed E-state index contributed by atoms with van der Waals surface area (Å²) < 4.78 is 0. The van der Waals surface area contributed by atoms with Crippen molar-refractivity contribution in [3.63, 3.8) is 0 Å². The van der Waals surface area contributed by atoms with Gasteiger partial charge >= 0.3 is 0 Å². The molecular weight excluding hydrogens is 158 g/mol. The molecule has 0 bridgehead atoms. The van der Waals surface area contributed by atoms with Crippen LogP contribution in [0.15, 0.2) is 11.6 Å². The van der Waals surface area contributed by atoms with Crippen LogP contribution in [0.5, 0.6) is 0 Å². The lowest BCUT2D eigenvalue weighted by Crippen LogP contribution is -2.26. The summed E-state index contributed by atoms with van der Waals surface area (Å²) in [7, 11) is 0. The number of hydrogen-bond donors (Lipinski definition) is 1. The van der Waals surface area contributed by atoms with Gasteiger partial charge in [-0.3, -0.25) is 0 Å². The minimum absolute atomic E-state index is 0.701. The summed E-state index contributed by atoms with van der Waals surface area (Å²) in [6, 6.07) is 0.701. The van der Waals surface area contributed by atoms with E-state index in [2.05, 4.69) is 25.2 Å². The normalized spacial score (nSPS) is 18.8. The third kappa shape index (κ3) is 4.47. The van der Waals surface area contributed by atoms with E-state index in [1.54, 1.807) is 5.57 Å². The highest BCUT2D eigenvalue weighted by molar-refractivity contribution is 5.07. The molecule has 0 aliphatic heterocycles. The average molecular weight is 181 g/mol. The Hall–Kier alpha value is -0.300. The molecule has 0 spiro atoms. The van der Waals surface area contributed by atoms with Crippen molar-refractivity contribution in [1.82, 2.24) is 5.32 Å². The Kier molecular flexibility index (Phi) is 5.14. The molecule has 0 saturated carbocycles. The van der Waals surface area contributed by atoms with Gasteiger partial charge in [-0.15, -0.1) is 0 Å². The molecule has 1 N–H and O–H groups in total. The second kappa shape index (κ2) is 6.20. The quantitative estimate of drug-likeness (QED) is 0.620. The van der Waals surface area contributed by atoms with Gasteiger partial charge in [0.25, 0.3) is 0 Å². The van der Waals surface area contributed by atoms with Crippen molar-refractivity contribution in [3.8, 4) is 0 Å². The third-order valence-corrected chi connectivity index (χ3v) is 2.80. The van der Waals surface area contributed by atoms with Crippen molar-refractivity contribution in [1.29, 1.82) is 0 Å². The maximum absolute atomic E-state index is 3.57. The monoisotopic (exact) mass is 181 g/mol. The molecule has 0 fully saturated rings. The van der Waals surface area contributed by atoms with Gasteiger partial charge in [-0.05, 0) is 45.6 Å². The van der Waals surface area contributed by atoms with Crippen LogP contribution in [-0.2, 0) is 0 Å². The smallest absolute Gasteiger partial charge is 0.00387 e. The first-order valence-electron chi connectivity index (χ1n) is 5.74.